The van der Waals surface area contributed by atoms with E-state index in [2.05, 4.69) is 46.3 Å². The van der Waals surface area contributed by atoms with Crippen molar-refractivity contribution in [3.8, 4) is 17.8 Å². The molecule has 0 fully saturated rings. The second-order valence-electron chi connectivity index (χ2n) is 6.97. The first-order chi connectivity index (χ1) is 13.2. The van der Waals surface area contributed by atoms with E-state index in [1.165, 1.54) is 16.4 Å². The van der Waals surface area contributed by atoms with Gasteiger partial charge < -0.3 is 5.11 Å². The fourth-order valence-corrected chi connectivity index (χ4v) is 3.65. The van der Waals surface area contributed by atoms with Gasteiger partial charge in [0.15, 0.2) is 5.82 Å². The number of benzene rings is 1. The van der Waals surface area contributed by atoms with E-state index < -0.39 is 0 Å². The molecule has 6 heteroatoms. The van der Waals surface area contributed by atoms with E-state index in [4.69, 9.17) is 5.26 Å². The van der Waals surface area contributed by atoms with Crippen LogP contribution in [0.5, 0.6) is 5.88 Å². The number of rotatable bonds is 4. The molecule has 3 aromatic rings. The average Bonchev–Trinajstić information content (AvgIpc) is 3.05. The van der Waals surface area contributed by atoms with Crippen LogP contribution >= 0.6 is 0 Å². The van der Waals surface area contributed by atoms with Crippen molar-refractivity contribution in [3.63, 3.8) is 0 Å². The first-order valence-electron chi connectivity index (χ1n) is 9.06. The lowest BCUT2D eigenvalue weighted by molar-refractivity contribution is 0.212. The maximum atomic E-state index is 10.7. The molecule has 136 valence electrons. The molecule has 0 saturated heterocycles. The molecule has 1 atom stereocenters. The van der Waals surface area contributed by atoms with E-state index >= 15 is 0 Å². The SMILES string of the molecule is CN(Cc1ccccc1)C1CCc2nn(-c3ccc(C#N)cn3)c(O)c2C1. The number of nitriles is 1. The van der Waals surface area contributed by atoms with E-state index in [1.54, 1.807) is 12.1 Å². The Bertz CT molecular complexity index is 972. The summed E-state index contributed by atoms with van der Waals surface area (Å²) in [7, 11) is 2.13. The van der Waals surface area contributed by atoms with E-state index in [1.807, 2.05) is 12.1 Å². The molecule has 1 aliphatic carbocycles. The van der Waals surface area contributed by atoms with E-state index in [-0.39, 0.29) is 5.88 Å². The normalized spacial score (nSPS) is 16.1. The van der Waals surface area contributed by atoms with Crippen molar-refractivity contribution in [2.75, 3.05) is 7.05 Å². The minimum absolute atomic E-state index is 0.153. The van der Waals surface area contributed by atoms with Crippen LogP contribution in [0.4, 0.5) is 0 Å². The van der Waals surface area contributed by atoms with Crippen LogP contribution in [0, 0.1) is 11.3 Å². The summed E-state index contributed by atoms with van der Waals surface area (Å²) in [6.07, 6.45) is 4.09. The van der Waals surface area contributed by atoms with Gasteiger partial charge in [0.1, 0.15) is 6.07 Å². The Morgan fingerprint density at radius 2 is 2.07 bits per heavy atom. The van der Waals surface area contributed by atoms with Crippen LogP contribution in [-0.4, -0.2) is 37.9 Å². The first kappa shape index (κ1) is 17.3. The van der Waals surface area contributed by atoms with E-state index in [0.717, 1.165) is 37.1 Å². The van der Waals surface area contributed by atoms with Gasteiger partial charge >= 0.3 is 0 Å². The summed E-state index contributed by atoms with van der Waals surface area (Å²) in [6.45, 7) is 0.882. The molecule has 1 N–H and O–H groups in total. The number of fused-ring (bicyclic) bond motifs is 1. The van der Waals surface area contributed by atoms with Gasteiger partial charge in [0.05, 0.1) is 11.3 Å². The third-order valence-corrected chi connectivity index (χ3v) is 5.19. The van der Waals surface area contributed by atoms with Gasteiger partial charge in [0.25, 0.3) is 0 Å². The smallest absolute Gasteiger partial charge is 0.219 e. The Labute approximate surface area is 158 Å². The summed E-state index contributed by atoms with van der Waals surface area (Å²) >= 11 is 0. The number of hydrogen-bond donors (Lipinski definition) is 1. The average molecular weight is 359 g/mol. The maximum absolute atomic E-state index is 10.7. The number of hydrogen-bond acceptors (Lipinski definition) is 5. The second-order valence-corrected chi connectivity index (χ2v) is 6.97. The van der Waals surface area contributed by atoms with Gasteiger partial charge in [-0.05, 0) is 44.0 Å². The van der Waals surface area contributed by atoms with Crippen molar-refractivity contribution in [3.05, 3.63) is 71.0 Å². The van der Waals surface area contributed by atoms with Crippen LogP contribution in [0.25, 0.3) is 5.82 Å². The Morgan fingerprint density at radius 1 is 1.26 bits per heavy atom. The monoisotopic (exact) mass is 359 g/mol. The molecule has 4 rings (SSSR count). The van der Waals surface area contributed by atoms with E-state index in [9.17, 15) is 5.11 Å². The summed E-state index contributed by atoms with van der Waals surface area (Å²) in [5.74, 6) is 0.676. The molecule has 0 amide bonds. The highest BCUT2D eigenvalue weighted by molar-refractivity contribution is 5.40. The predicted molar refractivity (Wildman–Crippen MR) is 101 cm³/mol. The van der Waals surface area contributed by atoms with Crippen molar-refractivity contribution in [1.82, 2.24) is 19.7 Å². The van der Waals surface area contributed by atoms with Crippen LogP contribution in [0.15, 0.2) is 48.7 Å². The molecular weight excluding hydrogens is 338 g/mol. The van der Waals surface area contributed by atoms with Gasteiger partial charge in [-0.15, -0.1) is 0 Å². The third kappa shape index (κ3) is 3.42. The zero-order valence-corrected chi connectivity index (χ0v) is 15.2. The van der Waals surface area contributed by atoms with Crippen molar-refractivity contribution in [2.45, 2.75) is 31.8 Å². The summed E-state index contributed by atoms with van der Waals surface area (Å²) in [4.78, 5) is 6.58. The largest absolute Gasteiger partial charge is 0.493 e. The van der Waals surface area contributed by atoms with E-state index in [0.29, 0.717) is 17.4 Å². The zero-order valence-electron chi connectivity index (χ0n) is 15.2. The highest BCUT2D eigenvalue weighted by Crippen LogP contribution is 2.32. The molecule has 6 nitrogen and oxygen atoms in total. The lowest BCUT2D eigenvalue weighted by Gasteiger charge is -2.30. The number of nitrogens with zero attached hydrogens (tertiary/aromatic N) is 5. The van der Waals surface area contributed by atoms with Gasteiger partial charge in [-0.1, -0.05) is 30.3 Å². The van der Waals surface area contributed by atoms with Crippen LogP contribution in [0.2, 0.25) is 0 Å². The van der Waals surface area contributed by atoms with Gasteiger partial charge in [-0.25, -0.2) is 4.98 Å². The number of pyridine rings is 1. The molecule has 0 radical (unpaired) electrons. The molecule has 0 saturated carbocycles. The minimum atomic E-state index is 0.153. The van der Waals surface area contributed by atoms with Gasteiger partial charge in [-0.3, -0.25) is 4.90 Å². The summed E-state index contributed by atoms with van der Waals surface area (Å²) in [5, 5.41) is 24.2. The fourth-order valence-electron chi connectivity index (χ4n) is 3.65. The molecule has 1 unspecified atom stereocenters. The second kappa shape index (κ2) is 7.22. The fraction of sp³-hybridized carbons (Fsp3) is 0.286. The molecule has 0 bridgehead atoms. The quantitative estimate of drug-likeness (QED) is 0.775. The molecule has 2 aromatic heterocycles. The number of aromatic nitrogens is 3. The first-order valence-corrected chi connectivity index (χ1v) is 9.06. The maximum Gasteiger partial charge on any atom is 0.219 e. The van der Waals surface area contributed by atoms with Crippen LogP contribution in [0.3, 0.4) is 0 Å². The van der Waals surface area contributed by atoms with Crippen molar-refractivity contribution < 1.29 is 5.11 Å². The Kier molecular flexibility index (Phi) is 4.61. The van der Waals surface area contributed by atoms with Gasteiger partial charge in [0, 0.05) is 24.3 Å². The summed E-state index contributed by atoms with van der Waals surface area (Å²) < 4.78 is 1.48. The van der Waals surface area contributed by atoms with Gasteiger partial charge in [0.2, 0.25) is 5.88 Å². The number of aryl methyl sites for hydroxylation is 1. The summed E-state index contributed by atoms with van der Waals surface area (Å²) in [5.41, 5.74) is 3.60. The lowest BCUT2D eigenvalue weighted by atomic mass is 9.92. The number of likely N-dealkylation sites (N-methyl/N-ethyl adjacent to an activating group) is 1. The summed E-state index contributed by atoms with van der Waals surface area (Å²) in [6, 6.07) is 16.2. The minimum Gasteiger partial charge on any atom is -0.493 e. The molecule has 27 heavy (non-hydrogen) atoms. The van der Waals surface area contributed by atoms with Crippen LogP contribution < -0.4 is 0 Å². The van der Waals surface area contributed by atoms with Crippen molar-refractivity contribution in [1.29, 1.82) is 5.26 Å². The highest BCUT2D eigenvalue weighted by atomic mass is 16.3. The Balaban J connectivity index is 1.54. The lowest BCUT2D eigenvalue weighted by Crippen LogP contribution is -2.35. The number of aromatic hydroxyl groups is 1. The molecule has 0 aliphatic heterocycles. The topological polar surface area (TPSA) is 78.0 Å². The zero-order chi connectivity index (χ0) is 18.8. The Hall–Kier alpha value is -3.17. The third-order valence-electron chi connectivity index (χ3n) is 5.19. The molecule has 1 aromatic carbocycles. The van der Waals surface area contributed by atoms with Gasteiger partial charge in [-0.2, -0.15) is 15.0 Å². The van der Waals surface area contributed by atoms with Crippen LogP contribution in [-0.2, 0) is 19.4 Å². The molecule has 0 spiro atoms. The predicted octanol–water partition coefficient (Wildman–Crippen LogP) is 2.83. The molecule has 1 aliphatic rings. The molecule has 2 heterocycles. The molecular formula is C21H21N5O. The van der Waals surface area contributed by atoms with Crippen LogP contribution in [0.1, 0.15) is 28.8 Å². The standard InChI is InChI=1S/C21H21N5O/c1-25(14-15-5-3-2-4-6-15)17-8-9-19-18(11-17)21(27)26(24-19)20-10-7-16(12-22)13-23-20/h2-7,10,13,17,27H,8-9,11,14H2,1H3. The van der Waals surface area contributed by atoms with Crippen molar-refractivity contribution in [2.24, 2.45) is 0 Å². The van der Waals surface area contributed by atoms with Crippen molar-refractivity contribution >= 4 is 0 Å². The highest BCUT2D eigenvalue weighted by Gasteiger charge is 2.28. The Morgan fingerprint density at radius 3 is 2.78 bits per heavy atom.